The quantitative estimate of drug-likeness (QED) is 0.554. The molecule has 1 aliphatic carbocycles. The maximum atomic E-state index is 11.0. The Morgan fingerprint density at radius 2 is 1.29 bits per heavy atom. The zero-order valence-electron chi connectivity index (χ0n) is 9.47. The number of hydrogen-bond donors (Lipinski definition) is 4. The van der Waals surface area contributed by atoms with Crippen LogP contribution >= 0.6 is 15.2 Å². The molecule has 0 spiro atoms. The molecule has 1 fully saturated rings. The van der Waals surface area contributed by atoms with Crippen molar-refractivity contribution in [3.63, 3.8) is 0 Å². The van der Waals surface area contributed by atoms with Crippen molar-refractivity contribution in [1.82, 2.24) is 4.90 Å². The predicted octanol–water partition coefficient (Wildman–Crippen LogP) is 0.891. The summed E-state index contributed by atoms with van der Waals surface area (Å²) >= 11 is 0. The fourth-order valence-electron chi connectivity index (χ4n) is 2.20. The van der Waals surface area contributed by atoms with Crippen LogP contribution in [0.2, 0.25) is 0 Å². The summed E-state index contributed by atoms with van der Waals surface area (Å²) in [5, 5.41) is 0. The van der Waals surface area contributed by atoms with Crippen LogP contribution in [-0.2, 0) is 9.13 Å². The summed E-state index contributed by atoms with van der Waals surface area (Å²) in [5.41, 5.74) is 0. The molecule has 0 saturated heterocycles. The smallest absolute Gasteiger partial charge is 0.324 e. The van der Waals surface area contributed by atoms with Crippen LogP contribution in [0.4, 0.5) is 0 Å². The summed E-state index contributed by atoms with van der Waals surface area (Å²) in [6.45, 7) is 0. The van der Waals surface area contributed by atoms with Crippen LogP contribution in [0.15, 0.2) is 0 Å². The highest BCUT2D eigenvalue weighted by Crippen LogP contribution is 2.43. The highest BCUT2D eigenvalue weighted by Gasteiger charge is 2.31. The number of hydrogen-bond acceptors (Lipinski definition) is 3. The Kier molecular flexibility index (Phi) is 5.35. The average Bonchev–Trinajstić information content (AvgIpc) is 2.14. The van der Waals surface area contributed by atoms with E-state index in [4.69, 9.17) is 19.6 Å². The molecule has 0 aromatic rings. The van der Waals surface area contributed by atoms with Crippen molar-refractivity contribution in [1.29, 1.82) is 0 Å². The van der Waals surface area contributed by atoms with E-state index in [9.17, 15) is 9.13 Å². The second-order valence-corrected chi connectivity index (χ2v) is 7.72. The van der Waals surface area contributed by atoms with Crippen molar-refractivity contribution in [2.75, 3.05) is 12.6 Å². The van der Waals surface area contributed by atoms with E-state index in [0.717, 1.165) is 32.1 Å². The molecular weight excluding hydrogens is 268 g/mol. The minimum Gasteiger partial charge on any atom is -0.324 e. The summed E-state index contributed by atoms with van der Waals surface area (Å²) in [6.07, 6.45) is 3.24. The second kappa shape index (κ2) is 5.93. The molecule has 1 rings (SSSR count). The minimum atomic E-state index is -4.29. The Hall–Kier alpha value is 0.260. The average molecular weight is 287 g/mol. The van der Waals surface area contributed by atoms with E-state index < -0.39 is 27.8 Å². The first-order valence-electron chi connectivity index (χ1n) is 5.50. The van der Waals surface area contributed by atoms with Crippen LogP contribution in [0.5, 0.6) is 0 Å². The van der Waals surface area contributed by atoms with Crippen LogP contribution in [0.1, 0.15) is 32.1 Å². The van der Waals surface area contributed by atoms with Gasteiger partial charge in [0.2, 0.25) is 0 Å². The molecule has 102 valence electrons. The molecule has 7 nitrogen and oxygen atoms in total. The summed E-state index contributed by atoms with van der Waals surface area (Å²) < 4.78 is 21.9. The van der Waals surface area contributed by atoms with Crippen LogP contribution < -0.4 is 0 Å². The van der Waals surface area contributed by atoms with E-state index in [1.165, 1.54) is 4.90 Å². The van der Waals surface area contributed by atoms with Gasteiger partial charge in [-0.3, -0.25) is 14.0 Å². The van der Waals surface area contributed by atoms with E-state index in [1.807, 2.05) is 0 Å². The zero-order chi connectivity index (χ0) is 13.1. The lowest BCUT2D eigenvalue weighted by Crippen LogP contribution is -2.38. The summed E-state index contributed by atoms with van der Waals surface area (Å²) in [4.78, 5) is 37.0. The molecule has 0 amide bonds. The molecule has 0 bridgehead atoms. The molecule has 0 heterocycles. The highest BCUT2D eigenvalue weighted by atomic mass is 31.2. The molecule has 0 aromatic carbocycles. The van der Waals surface area contributed by atoms with E-state index in [2.05, 4.69) is 0 Å². The third-order valence-corrected chi connectivity index (χ3v) is 4.29. The Morgan fingerprint density at radius 1 is 0.882 bits per heavy atom. The van der Waals surface area contributed by atoms with Gasteiger partial charge < -0.3 is 19.6 Å². The van der Waals surface area contributed by atoms with Gasteiger partial charge in [0, 0.05) is 6.04 Å². The fourth-order valence-corrected chi connectivity index (χ4v) is 3.96. The standard InChI is InChI=1S/C8H19NO6P2/c10-16(11,12)6-9(7-17(13,14)15)8-4-2-1-3-5-8/h8H,1-7H2,(H2,10,11,12)(H2,13,14,15). The first-order chi connectivity index (χ1) is 7.67. The third-order valence-electron chi connectivity index (χ3n) is 2.82. The molecule has 1 saturated carbocycles. The summed E-state index contributed by atoms with van der Waals surface area (Å²) in [7, 11) is -8.58. The van der Waals surface area contributed by atoms with Crippen molar-refractivity contribution in [2.24, 2.45) is 0 Å². The van der Waals surface area contributed by atoms with Crippen molar-refractivity contribution in [3.05, 3.63) is 0 Å². The lowest BCUT2D eigenvalue weighted by molar-refractivity contribution is 0.180. The molecule has 0 atom stereocenters. The van der Waals surface area contributed by atoms with Gasteiger partial charge in [-0.15, -0.1) is 0 Å². The Morgan fingerprint density at radius 3 is 1.65 bits per heavy atom. The first kappa shape index (κ1) is 15.3. The van der Waals surface area contributed by atoms with Gasteiger partial charge in [0.1, 0.15) is 12.6 Å². The molecule has 1 aliphatic rings. The Labute approximate surface area is 100 Å². The molecule has 0 aromatic heterocycles. The molecule has 4 N–H and O–H groups in total. The van der Waals surface area contributed by atoms with Gasteiger partial charge in [-0.2, -0.15) is 0 Å². The van der Waals surface area contributed by atoms with Crippen LogP contribution in [0, 0.1) is 0 Å². The molecule has 9 heteroatoms. The number of nitrogens with zero attached hydrogens (tertiary/aromatic N) is 1. The van der Waals surface area contributed by atoms with E-state index in [-0.39, 0.29) is 6.04 Å². The lowest BCUT2D eigenvalue weighted by Gasteiger charge is -2.34. The highest BCUT2D eigenvalue weighted by molar-refractivity contribution is 7.52. The van der Waals surface area contributed by atoms with Crippen molar-refractivity contribution in [3.8, 4) is 0 Å². The van der Waals surface area contributed by atoms with E-state index in [0.29, 0.717) is 0 Å². The van der Waals surface area contributed by atoms with Crippen molar-refractivity contribution >= 4 is 15.2 Å². The summed E-state index contributed by atoms with van der Waals surface area (Å²) in [5.74, 6) is 0. The van der Waals surface area contributed by atoms with Crippen LogP contribution in [0.3, 0.4) is 0 Å². The maximum Gasteiger partial charge on any atom is 0.339 e. The Balaban J connectivity index is 2.70. The van der Waals surface area contributed by atoms with Crippen LogP contribution in [-0.4, -0.2) is 43.1 Å². The van der Waals surface area contributed by atoms with Gasteiger partial charge >= 0.3 is 15.2 Å². The van der Waals surface area contributed by atoms with Crippen molar-refractivity contribution < 1.29 is 28.7 Å². The van der Waals surface area contributed by atoms with Gasteiger partial charge in [0.15, 0.2) is 0 Å². The lowest BCUT2D eigenvalue weighted by atomic mass is 9.95. The minimum absolute atomic E-state index is 0.135. The van der Waals surface area contributed by atoms with Crippen LogP contribution in [0.25, 0.3) is 0 Å². The molecule has 0 unspecified atom stereocenters. The number of rotatable bonds is 5. The fraction of sp³-hybridized carbons (Fsp3) is 1.00. The van der Waals surface area contributed by atoms with Gasteiger partial charge in [-0.25, -0.2) is 0 Å². The topological polar surface area (TPSA) is 118 Å². The molecule has 0 radical (unpaired) electrons. The summed E-state index contributed by atoms with van der Waals surface area (Å²) in [6, 6.07) is -0.135. The van der Waals surface area contributed by atoms with Gasteiger partial charge in [-0.05, 0) is 12.8 Å². The molecule has 17 heavy (non-hydrogen) atoms. The van der Waals surface area contributed by atoms with E-state index in [1.54, 1.807) is 0 Å². The van der Waals surface area contributed by atoms with Crippen molar-refractivity contribution in [2.45, 2.75) is 38.1 Å². The van der Waals surface area contributed by atoms with Gasteiger partial charge in [-0.1, -0.05) is 19.3 Å². The maximum absolute atomic E-state index is 11.0. The van der Waals surface area contributed by atoms with E-state index >= 15 is 0 Å². The van der Waals surface area contributed by atoms with Gasteiger partial charge in [0.05, 0.1) is 0 Å². The largest absolute Gasteiger partial charge is 0.339 e. The third kappa shape index (κ3) is 6.67. The normalized spacial score (nSPS) is 19.8. The molecule has 0 aliphatic heterocycles. The molecular formula is C8H19NO6P2. The second-order valence-electron chi connectivity index (χ2n) is 4.49. The SMILES string of the molecule is O=P(O)(O)CN(CP(=O)(O)O)C1CCCCC1. The Bertz CT molecular complexity index is 307. The monoisotopic (exact) mass is 287 g/mol. The predicted molar refractivity (Wildman–Crippen MR) is 62.5 cm³/mol. The zero-order valence-corrected chi connectivity index (χ0v) is 11.3. The van der Waals surface area contributed by atoms with Gasteiger partial charge in [0.25, 0.3) is 0 Å². The first-order valence-corrected chi connectivity index (χ1v) is 9.10.